The molecule has 1 atom stereocenters. The molecular weight excluding hydrogens is 194 g/mol. The molecule has 0 aliphatic carbocycles. The number of carbonyl (C=O) groups is 2. The molecule has 76 valence electrons. The topological polar surface area (TPSA) is 115 Å². The monoisotopic (exact) mass is 207 g/mol. The van der Waals surface area contributed by atoms with Crippen molar-refractivity contribution in [3.8, 4) is 0 Å². The number of imide groups is 1. The summed E-state index contributed by atoms with van der Waals surface area (Å²) in [6, 6.07) is -0.930. The van der Waals surface area contributed by atoms with E-state index >= 15 is 0 Å². The van der Waals surface area contributed by atoms with E-state index in [1.165, 1.54) is 0 Å². The molecule has 6 nitrogen and oxygen atoms in total. The lowest BCUT2D eigenvalue weighted by Crippen LogP contribution is -2.38. The van der Waals surface area contributed by atoms with Crippen molar-refractivity contribution < 1.29 is 13.8 Å². The van der Waals surface area contributed by atoms with Gasteiger partial charge in [0.1, 0.15) is 5.75 Å². The molecule has 0 bridgehead atoms. The smallest absolute Gasteiger partial charge is 0.318 e. The summed E-state index contributed by atoms with van der Waals surface area (Å²) < 4.78 is 11.0. The third-order valence-electron chi connectivity index (χ3n) is 1.13. The molecule has 0 rings (SSSR count). The van der Waals surface area contributed by atoms with Gasteiger partial charge < -0.3 is 11.5 Å². The van der Waals surface area contributed by atoms with Gasteiger partial charge >= 0.3 is 6.03 Å². The second-order valence-corrected chi connectivity index (χ2v) is 3.92. The van der Waals surface area contributed by atoms with Crippen molar-refractivity contribution in [2.45, 2.75) is 6.42 Å². The number of carbonyl (C=O) groups excluding carboxylic acids is 2. The maximum Gasteiger partial charge on any atom is 0.318 e. The van der Waals surface area contributed by atoms with Crippen LogP contribution in [0.15, 0.2) is 0 Å². The summed E-state index contributed by atoms with van der Waals surface area (Å²) in [5.41, 5.74) is 9.86. The van der Waals surface area contributed by atoms with Crippen LogP contribution in [0.4, 0.5) is 4.79 Å². The molecule has 0 fully saturated rings. The molecule has 7 heteroatoms. The molecule has 13 heavy (non-hydrogen) atoms. The Labute approximate surface area is 78.5 Å². The number of urea groups is 1. The Balaban J connectivity index is 3.65. The number of rotatable bonds is 5. The van der Waals surface area contributed by atoms with Crippen LogP contribution in [0.2, 0.25) is 0 Å². The van der Waals surface area contributed by atoms with E-state index in [1.807, 2.05) is 5.32 Å². The lowest BCUT2D eigenvalue weighted by atomic mass is 10.5. The van der Waals surface area contributed by atoms with Gasteiger partial charge in [-0.05, 0) is 13.0 Å². The summed E-state index contributed by atoms with van der Waals surface area (Å²) in [6.45, 7) is 0.434. The van der Waals surface area contributed by atoms with E-state index < -0.39 is 22.7 Å². The van der Waals surface area contributed by atoms with Gasteiger partial charge in [-0.25, -0.2) is 4.79 Å². The van der Waals surface area contributed by atoms with Gasteiger partial charge in [0.2, 0.25) is 5.91 Å². The van der Waals surface area contributed by atoms with Crippen molar-refractivity contribution in [3.63, 3.8) is 0 Å². The number of amides is 3. The number of nitrogens with one attached hydrogen (secondary N) is 1. The predicted molar refractivity (Wildman–Crippen MR) is 49.3 cm³/mol. The summed E-state index contributed by atoms with van der Waals surface area (Å²) >= 11 is 0. The Morgan fingerprint density at radius 1 is 1.38 bits per heavy atom. The van der Waals surface area contributed by atoms with Crippen molar-refractivity contribution in [1.82, 2.24) is 5.32 Å². The second-order valence-electron chi connectivity index (χ2n) is 2.34. The molecule has 0 radical (unpaired) electrons. The zero-order valence-corrected chi connectivity index (χ0v) is 7.93. The first-order valence-electron chi connectivity index (χ1n) is 3.70. The van der Waals surface area contributed by atoms with Crippen LogP contribution in [0.25, 0.3) is 0 Å². The number of hydrogen-bond donors (Lipinski definition) is 3. The Morgan fingerprint density at radius 3 is 2.46 bits per heavy atom. The van der Waals surface area contributed by atoms with E-state index in [1.54, 1.807) is 0 Å². The first-order valence-corrected chi connectivity index (χ1v) is 5.19. The van der Waals surface area contributed by atoms with Gasteiger partial charge in [-0.2, -0.15) is 0 Å². The van der Waals surface area contributed by atoms with Crippen molar-refractivity contribution in [1.29, 1.82) is 0 Å². The third-order valence-corrected chi connectivity index (χ3v) is 2.46. The SMILES string of the molecule is NCCCS(=O)CC(=O)NC(N)=O. The first-order chi connectivity index (χ1) is 6.06. The molecule has 0 aromatic rings. The third kappa shape index (κ3) is 7.41. The molecule has 5 N–H and O–H groups in total. The van der Waals surface area contributed by atoms with Crippen LogP contribution in [0.1, 0.15) is 6.42 Å². The van der Waals surface area contributed by atoms with Gasteiger partial charge in [-0.1, -0.05) is 0 Å². The fraction of sp³-hybridized carbons (Fsp3) is 0.667. The van der Waals surface area contributed by atoms with E-state index in [0.29, 0.717) is 18.7 Å². The molecule has 0 spiro atoms. The minimum Gasteiger partial charge on any atom is -0.351 e. The van der Waals surface area contributed by atoms with Crippen molar-refractivity contribution in [2.75, 3.05) is 18.1 Å². The summed E-state index contributed by atoms with van der Waals surface area (Å²) in [5, 5.41) is 1.83. The molecule has 1 unspecified atom stereocenters. The summed E-state index contributed by atoms with van der Waals surface area (Å²) in [4.78, 5) is 21.0. The molecular formula is C6H13N3O3S. The molecule has 0 aromatic heterocycles. The predicted octanol–water partition coefficient (Wildman–Crippen LogP) is -1.72. The molecule has 0 aromatic carbocycles. The highest BCUT2D eigenvalue weighted by atomic mass is 32.2. The Hall–Kier alpha value is -0.950. The minimum atomic E-state index is -1.27. The fourth-order valence-corrected chi connectivity index (χ4v) is 1.63. The average molecular weight is 207 g/mol. The first kappa shape index (κ1) is 12.0. The van der Waals surface area contributed by atoms with E-state index in [2.05, 4.69) is 5.73 Å². The van der Waals surface area contributed by atoms with E-state index in [0.717, 1.165) is 0 Å². The standard InChI is InChI=1S/C6H13N3O3S/c7-2-1-3-13(12)4-5(10)9-6(8)11/h1-4,7H2,(H3,8,9,10,11). The van der Waals surface area contributed by atoms with Gasteiger partial charge in [0.05, 0.1) is 0 Å². The Bertz CT molecular complexity index is 219. The van der Waals surface area contributed by atoms with Crippen LogP contribution in [0.3, 0.4) is 0 Å². The van der Waals surface area contributed by atoms with Crippen LogP contribution in [0.5, 0.6) is 0 Å². The minimum absolute atomic E-state index is 0.205. The lowest BCUT2D eigenvalue weighted by Gasteiger charge is -2.00. The van der Waals surface area contributed by atoms with Crippen molar-refractivity contribution >= 4 is 22.7 Å². The second kappa shape index (κ2) is 6.55. The number of primary amides is 1. The summed E-state index contributed by atoms with van der Waals surface area (Å²) in [7, 11) is -1.27. The Kier molecular flexibility index (Phi) is 6.07. The van der Waals surface area contributed by atoms with Crippen molar-refractivity contribution in [2.24, 2.45) is 11.5 Å². The number of hydrogen-bond acceptors (Lipinski definition) is 4. The van der Waals surface area contributed by atoms with Gasteiger partial charge in [-0.15, -0.1) is 0 Å². The molecule has 0 aliphatic rings. The lowest BCUT2D eigenvalue weighted by molar-refractivity contribution is -0.117. The van der Waals surface area contributed by atoms with E-state index in [9.17, 15) is 13.8 Å². The van der Waals surface area contributed by atoms with Gasteiger partial charge in [0, 0.05) is 16.6 Å². The average Bonchev–Trinajstić information content (AvgIpc) is 1.98. The van der Waals surface area contributed by atoms with Crippen LogP contribution in [-0.4, -0.2) is 34.2 Å². The summed E-state index contributed by atoms with van der Waals surface area (Å²) in [6.07, 6.45) is 0.594. The van der Waals surface area contributed by atoms with Crippen molar-refractivity contribution in [3.05, 3.63) is 0 Å². The summed E-state index contributed by atoms with van der Waals surface area (Å²) in [5.74, 6) is -0.464. The zero-order valence-electron chi connectivity index (χ0n) is 7.12. The zero-order chi connectivity index (χ0) is 10.3. The van der Waals surface area contributed by atoms with Gasteiger partial charge in [0.25, 0.3) is 0 Å². The quantitative estimate of drug-likeness (QED) is 0.497. The highest BCUT2D eigenvalue weighted by Crippen LogP contribution is 1.86. The normalized spacial score (nSPS) is 12.1. The molecule has 3 amide bonds. The highest BCUT2D eigenvalue weighted by molar-refractivity contribution is 7.85. The van der Waals surface area contributed by atoms with Gasteiger partial charge in [-0.3, -0.25) is 14.3 Å². The van der Waals surface area contributed by atoms with Gasteiger partial charge in [0.15, 0.2) is 0 Å². The highest BCUT2D eigenvalue weighted by Gasteiger charge is 2.08. The van der Waals surface area contributed by atoms with E-state index in [4.69, 9.17) is 5.73 Å². The molecule has 0 saturated heterocycles. The molecule has 0 saturated carbocycles. The maximum atomic E-state index is 11.0. The number of nitrogens with two attached hydrogens (primary N) is 2. The molecule has 0 heterocycles. The maximum absolute atomic E-state index is 11.0. The van der Waals surface area contributed by atoms with Crippen LogP contribution < -0.4 is 16.8 Å². The van der Waals surface area contributed by atoms with Crippen LogP contribution in [0, 0.1) is 0 Å². The molecule has 0 aliphatic heterocycles. The largest absolute Gasteiger partial charge is 0.351 e. The van der Waals surface area contributed by atoms with E-state index in [-0.39, 0.29) is 5.75 Å². The fourth-order valence-electron chi connectivity index (χ4n) is 0.636. The van der Waals surface area contributed by atoms with Crippen LogP contribution in [-0.2, 0) is 15.6 Å². The Morgan fingerprint density at radius 2 is 2.00 bits per heavy atom. The van der Waals surface area contributed by atoms with Crippen LogP contribution >= 0.6 is 0 Å².